The van der Waals surface area contributed by atoms with E-state index in [1.165, 1.54) is 6.92 Å². The van der Waals surface area contributed by atoms with Crippen LogP contribution >= 0.6 is 11.6 Å². The van der Waals surface area contributed by atoms with Crippen LogP contribution in [0.4, 0.5) is 0 Å². The van der Waals surface area contributed by atoms with Gasteiger partial charge in [-0.15, -0.1) is 0 Å². The minimum Gasteiger partial charge on any atom is -0.299 e. The molecule has 18 heavy (non-hydrogen) atoms. The Morgan fingerprint density at radius 1 is 1.17 bits per heavy atom. The molecule has 2 rings (SSSR count). The summed E-state index contributed by atoms with van der Waals surface area (Å²) in [5, 5.41) is 0.560. The fraction of sp³-hybridized carbons (Fsp3) is 0.357. The average Bonchev–Trinajstić information content (AvgIpc) is 2.27. The summed E-state index contributed by atoms with van der Waals surface area (Å²) in [5.41, 5.74) is 0.808. The maximum atomic E-state index is 11.9. The molecule has 0 amide bonds. The van der Waals surface area contributed by atoms with Crippen molar-refractivity contribution in [3.05, 3.63) is 34.9 Å². The van der Waals surface area contributed by atoms with Crippen LogP contribution in [0.1, 0.15) is 31.2 Å². The molecule has 1 aromatic rings. The molecule has 0 radical (unpaired) electrons. The Morgan fingerprint density at radius 2 is 1.72 bits per heavy atom. The second-order valence-electron chi connectivity index (χ2n) is 4.60. The second-order valence-corrected chi connectivity index (χ2v) is 5.01. The average molecular weight is 265 g/mol. The number of carbonyl (C=O) groups is 3. The third-order valence-electron chi connectivity index (χ3n) is 3.29. The van der Waals surface area contributed by atoms with Crippen LogP contribution in [-0.2, 0) is 14.4 Å². The van der Waals surface area contributed by atoms with Crippen molar-refractivity contribution in [2.75, 3.05) is 0 Å². The molecule has 1 aliphatic rings. The molecule has 0 aliphatic heterocycles. The molecular weight excluding hydrogens is 252 g/mol. The van der Waals surface area contributed by atoms with Crippen molar-refractivity contribution in [2.45, 2.75) is 25.7 Å². The first-order valence-corrected chi connectivity index (χ1v) is 6.18. The van der Waals surface area contributed by atoms with Crippen molar-refractivity contribution in [2.24, 2.45) is 5.92 Å². The summed E-state index contributed by atoms with van der Waals surface area (Å²) in [4.78, 5) is 35.0. The smallest absolute Gasteiger partial charge is 0.151 e. The number of hydrogen-bond donors (Lipinski definition) is 0. The van der Waals surface area contributed by atoms with E-state index in [9.17, 15) is 14.4 Å². The van der Waals surface area contributed by atoms with Gasteiger partial charge in [-0.25, -0.2) is 0 Å². The molecule has 1 fully saturated rings. The number of halogens is 1. The van der Waals surface area contributed by atoms with Crippen LogP contribution in [0.15, 0.2) is 24.3 Å². The predicted octanol–water partition coefficient (Wildman–Crippen LogP) is 2.56. The van der Waals surface area contributed by atoms with Crippen molar-refractivity contribution < 1.29 is 14.4 Å². The Labute approximate surface area is 110 Å². The van der Waals surface area contributed by atoms with E-state index >= 15 is 0 Å². The Balaban J connectivity index is 2.26. The van der Waals surface area contributed by atoms with Crippen LogP contribution in [-0.4, -0.2) is 17.3 Å². The minimum absolute atomic E-state index is 0.200. The number of Topliss-reactive ketones (excluding diaryl/α,β-unsaturated/α-hetero) is 3. The lowest BCUT2D eigenvalue weighted by atomic mass is 9.75. The van der Waals surface area contributed by atoms with Gasteiger partial charge in [-0.05, 0) is 24.5 Å². The Bertz CT molecular complexity index is 504. The molecule has 0 heterocycles. The van der Waals surface area contributed by atoms with E-state index < -0.39 is 5.92 Å². The van der Waals surface area contributed by atoms with E-state index in [2.05, 4.69) is 0 Å². The Hall–Kier alpha value is -1.48. The van der Waals surface area contributed by atoms with Crippen LogP contribution in [0.5, 0.6) is 0 Å². The van der Waals surface area contributed by atoms with Crippen LogP contribution in [0.25, 0.3) is 0 Å². The van der Waals surface area contributed by atoms with Crippen molar-refractivity contribution in [3.8, 4) is 0 Å². The van der Waals surface area contributed by atoms with Gasteiger partial charge in [-0.2, -0.15) is 0 Å². The molecule has 0 saturated heterocycles. The van der Waals surface area contributed by atoms with E-state index in [-0.39, 0.29) is 36.1 Å². The number of carbonyl (C=O) groups excluding carboxylic acids is 3. The van der Waals surface area contributed by atoms with Gasteiger partial charge in [0.15, 0.2) is 11.6 Å². The van der Waals surface area contributed by atoms with Crippen LogP contribution in [0.2, 0.25) is 5.02 Å². The lowest BCUT2D eigenvalue weighted by Gasteiger charge is -2.25. The number of rotatable bonds is 2. The monoisotopic (exact) mass is 264 g/mol. The van der Waals surface area contributed by atoms with Crippen molar-refractivity contribution in [1.29, 1.82) is 0 Å². The SMILES string of the molecule is CC(=O)C1C(=O)CC(c2ccccc2Cl)CC1=O. The molecule has 0 N–H and O–H groups in total. The van der Waals surface area contributed by atoms with E-state index in [0.29, 0.717) is 5.02 Å². The third-order valence-corrected chi connectivity index (χ3v) is 3.63. The molecule has 94 valence electrons. The fourth-order valence-electron chi connectivity index (χ4n) is 2.45. The van der Waals surface area contributed by atoms with Gasteiger partial charge >= 0.3 is 0 Å². The standard InChI is InChI=1S/C14H13ClO3/c1-8(16)14-12(17)6-9(7-13(14)18)10-4-2-3-5-11(10)15/h2-5,9,14H,6-7H2,1H3. The van der Waals surface area contributed by atoms with Gasteiger partial charge in [0.05, 0.1) is 0 Å². The van der Waals surface area contributed by atoms with Crippen molar-refractivity contribution >= 4 is 29.0 Å². The van der Waals surface area contributed by atoms with Gasteiger partial charge in [-0.3, -0.25) is 14.4 Å². The molecule has 0 spiro atoms. The fourth-order valence-corrected chi connectivity index (χ4v) is 2.74. The van der Waals surface area contributed by atoms with E-state index in [1.54, 1.807) is 12.1 Å². The highest BCUT2D eigenvalue weighted by atomic mass is 35.5. The van der Waals surface area contributed by atoms with Crippen molar-refractivity contribution in [3.63, 3.8) is 0 Å². The van der Waals surface area contributed by atoms with Gasteiger partial charge in [0.1, 0.15) is 11.7 Å². The Morgan fingerprint density at radius 3 is 2.22 bits per heavy atom. The maximum absolute atomic E-state index is 11.9. The van der Waals surface area contributed by atoms with Gasteiger partial charge in [0.2, 0.25) is 0 Å². The Kier molecular flexibility index (Phi) is 3.62. The van der Waals surface area contributed by atoms with Crippen LogP contribution in [0, 0.1) is 5.92 Å². The quantitative estimate of drug-likeness (QED) is 0.772. The number of hydrogen-bond acceptors (Lipinski definition) is 3. The zero-order chi connectivity index (χ0) is 13.3. The molecule has 0 bridgehead atoms. The lowest BCUT2D eigenvalue weighted by Crippen LogP contribution is -2.37. The molecule has 4 heteroatoms. The highest BCUT2D eigenvalue weighted by Crippen LogP contribution is 2.35. The second kappa shape index (κ2) is 5.02. The summed E-state index contributed by atoms with van der Waals surface area (Å²) >= 11 is 6.06. The maximum Gasteiger partial charge on any atom is 0.151 e. The summed E-state index contributed by atoms with van der Waals surface area (Å²) in [6.07, 6.45) is 0.416. The van der Waals surface area contributed by atoms with E-state index in [4.69, 9.17) is 11.6 Å². The zero-order valence-electron chi connectivity index (χ0n) is 9.98. The molecular formula is C14H13ClO3. The number of ketones is 3. The van der Waals surface area contributed by atoms with E-state index in [1.807, 2.05) is 12.1 Å². The van der Waals surface area contributed by atoms with Crippen LogP contribution in [0.3, 0.4) is 0 Å². The molecule has 0 unspecified atom stereocenters. The number of benzene rings is 1. The highest BCUT2D eigenvalue weighted by molar-refractivity contribution is 6.31. The first kappa shape index (κ1) is 13.0. The summed E-state index contributed by atoms with van der Waals surface area (Å²) in [6, 6.07) is 7.19. The molecule has 1 aromatic carbocycles. The minimum atomic E-state index is -1.05. The topological polar surface area (TPSA) is 51.2 Å². The summed E-state index contributed by atoms with van der Waals surface area (Å²) in [6.45, 7) is 1.29. The summed E-state index contributed by atoms with van der Waals surface area (Å²) in [7, 11) is 0. The largest absolute Gasteiger partial charge is 0.299 e. The highest BCUT2D eigenvalue weighted by Gasteiger charge is 2.39. The molecule has 0 aromatic heterocycles. The van der Waals surface area contributed by atoms with Gasteiger partial charge < -0.3 is 0 Å². The molecule has 0 atom stereocenters. The molecule has 3 nitrogen and oxygen atoms in total. The van der Waals surface area contributed by atoms with Crippen LogP contribution < -0.4 is 0 Å². The van der Waals surface area contributed by atoms with Gasteiger partial charge in [0, 0.05) is 17.9 Å². The van der Waals surface area contributed by atoms with Gasteiger partial charge in [0.25, 0.3) is 0 Å². The van der Waals surface area contributed by atoms with Crippen molar-refractivity contribution in [1.82, 2.24) is 0 Å². The third kappa shape index (κ3) is 2.36. The summed E-state index contributed by atoms with van der Waals surface area (Å²) in [5.74, 6) is -2.19. The molecule has 1 aliphatic carbocycles. The zero-order valence-corrected chi connectivity index (χ0v) is 10.7. The molecule has 1 saturated carbocycles. The first-order valence-electron chi connectivity index (χ1n) is 5.81. The normalized spacial score (nSPS) is 24.1. The first-order chi connectivity index (χ1) is 8.50. The summed E-state index contributed by atoms with van der Waals surface area (Å²) < 4.78 is 0. The predicted molar refractivity (Wildman–Crippen MR) is 67.6 cm³/mol. The van der Waals surface area contributed by atoms with E-state index in [0.717, 1.165) is 5.56 Å². The lowest BCUT2D eigenvalue weighted by molar-refractivity contribution is -0.141. The van der Waals surface area contributed by atoms with Gasteiger partial charge in [-0.1, -0.05) is 29.8 Å².